The van der Waals surface area contributed by atoms with Crippen molar-refractivity contribution < 1.29 is 13.2 Å². The second-order valence-corrected chi connectivity index (χ2v) is 8.56. The van der Waals surface area contributed by atoms with Crippen molar-refractivity contribution in [1.29, 1.82) is 0 Å². The third-order valence-electron chi connectivity index (χ3n) is 5.24. The van der Waals surface area contributed by atoms with Crippen molar-refractivity contribution in [3.05, 3.63) is 47.0 Å². The number of carbonyl (C=O) groups is 1. The Morgan fingerprint density at radius 3 is 2.62 bits per heavy atom. The molecule has 2 N–H and O–H groups in total. The van der Waals surface area contributed by atoms with Gasteiger partial charge in [0.2, 0.25) is 10.0 Å². The van der Waals surface area contributed by atoms with Gasteiger partial charge in [-0.05, 0) is 53.6 Å². The molecule has 24 heavy (non-hydrogen) atoms. The summed E-state index contributed by atoms with van der Waals surface area (Å²) in [5, 5.41) is 6.80. The molecule has 2 aromatic rings. The monoisotopic (exact) mass is 344 g/mol. The fourth-order valence-electron chi connectivity index (χ4n) is 3.99. The van der Waals surface area contributed by atoms with Crippen molar-refractivity contribution in [2.24, 2.45) is 5.14 Å². The van der Waals surface area contributed by atoms with E-state index in [0.29, 0.717) is 24.9 Å². The van der Waals surface area contributed by atoms with Crippen LogP contribution >= 0.6 is 0 Å². The molecule has 1 heterocycles. The van der Waals surface area contributed by atoms with Crippen molar-refractivity contribution in [1.82, 2.24) is 4.90 Å². The average molecular weight is 344 g/mol. The summed E-state index contributed by atoms with van der Waals surface area (Å²) in [6, 6.07) is 10.0. The van der Waals surface area contributed by atoms with Gasteiger partial charge in [-0.25, -0.2) is 13.6 Å². The number of hydrogen-bond acceptors (Lipinski definition) is 3. The number of nitrogens with zero attached hydrogens (tertiary/aromatic N) is 1. The summed E-state index contributed by atoms with van der Waals surface area (Å²) in [4.78, 5) is 14.7. The van der Waals surface area contributed by atoms with Gasteiger partial charge in [-0.1, -0.05) is 24.3 Å². The van der Waals surface area contributed by atoms with Crippen molar-refractivity contribution in [3.63, 3.8) is 0 Å². The standard InChI is InChI=1S/C18H20N2O3S/c19-24(22,23)14-4-2-10-20(11-14)18(21)16-9-8-13-7-6-12-3-1-5-15(16)17(12)13/h1,3,5,8-9,14H,2,4,6-7,10-11H2,(H2,19,22,23). The van der Waals surface area contributed by atoms with E-state index in [9.17, 15) is 13.2 Å². The first-order valence-electron chi connectivity index (χ1n) is 8.29. The minimum Gasteiger partial charge on any atom is -0.337 e. The van der Waals surface area contributed by atoms with Gasteiger partial charge >= 0.3 is 0 Å². The highest BCUT2D eigenvalue weighted by atomic mass is 32.2. The molecule has 5 nitrogen and oxygen atoms in total. The van der Waals surface area contributed by atoms with E-state index in [0.717, 1.165) is 18.2 Å². The van der Waals surface area contributed by atoms with E-state index < -0.39 is 15.3 Å². The third kappa shape index (κ3) is 2.50. The normalized spacial score (nSPS) is 20.5. The Hall–Kier alpha value is -1.92. The van der Waals surface area contributed by atoms with Gasteiger partial charge in [0.15, 0.2) is 0 Å². The van der Waals surface area contributed by atoms with Crippen LogP contribution in [-0.4, -0.2) is 37.6 Å². The van der Waals surface area contributed by atoms with E-state index in [4.69, 9.17) is 5.14 Å². The lowest BCUT2D eigenvalue weighted by atomic mass is 9.98. The van der Waals surface area contributed by atoms with Crippen molar-refractivity contribution in [2.45, 2.75) is 30.9 Å². The maximum Gasteiger partial charge on any atom is 0.254 e. The second kappa shape index (κ2) is 5.57. The lowest BCUT2D eigenvalue weighted by Gasteiger charge is -2.32. The average Bonchev–Trinajstić information content (AvgIpc) is 2.99. The van der Waals surface area contributed by atoms with Crippen LogP contribution < -0.4 is 5.14 Å². The Balaban J connectivity index is 1.72. The maximum absolute atomic E-state index is 13.0. The molecule has 0 saturated carbocycles. The van der Waals surface area contributed by atoms with Gasteiger partial charge < -0.3 is 4.90 Å². The third-order valence-corrected chi connectivity index (χ3v) is 6.55. The minimum atomic E-state index is -3.61. The second-order valence-electron chi connectivity index (χ2n) is 6.72. The topological polar surface area (TPSA) is 80.5 Å². The van der Waals surface area contributed by atoms with Crippen LogP contribution in [0.25, 0.3) is 10.8 Å². The summed E-state index contributed by atoms with van der Waals surface area (Å²) in [7, 11) is -3.61. The molecule has 1 atom stereocenters. The van der Waals surface area contributed by atoms with Crippen LogP contribution in [0.15, 0.2) is 30.3 Å². The lowest BCUT2D eigenvalue weighted by molar-refractivity contribution is 0.0729. The Morgan fingerprint density at radius 2 is 1.88 bits per heavy atom. The van der Waals surface area contributed by atoms with Crippen molar-refractivity contribution in [3.8, 4) is 0 Å². The molecule has 1 fully saturated rings. The minimum absolute atomic E-state index is 0.0982. The maximum atomic E-state index is 13.0. The number of sulfonamides is 1. The number of rotatable bonds is 2. The molecule has 0 aromatic heterocycles. The fourth-order valence-corrected chi connectivity index (χ4v) is 4.88. The predicted octanol–water partition coefficient (Wildman–Crippen LogP) is 1.83. The highest BCUT2D eigenvalue weighted by Gasteiger charge is 2.31. The molecule has 1 aliphatic carbocycles. The molecule has 0 radical (unpaired) electrons. The highest BCUT2D eigenvalue weighted by Crippen LogP contribution is 2.33. The molecular formula is C18H20N2O3S. The van der Waals surface area contributed by atoms with Crippen LogP contribution in [0, 0.1) is 0 Å². The quantitative estimate of drug-likeness (QED) is 0.902. The van der Waals surface area contributed by atoms with Gasteiger partial charge in [0.1, 0.15) is 0 Å². The van der Waals surface area contributed by atoms with Crippen LogP contribution in [0.3, 0.4) is 0 Å². The van der Waals surface area contributed by atoms with Crippen LogP contribution in [0.4, 0.5) is 0 Å². The predicted molar refractivity (Wildman–Crippen MR) is 93.4 cm³/mol. The van der Waals surface area contributed by atoms with Crippen LogP contribution in [0.1, 0.15) is 34.3 Å². The summed E-state index contributed by atoms with van der Waals surface area (Å²) in [5.74, 6) is -0.0982. The summed E-state index contributed by atoms with van der Waals surface area (Å²) in [5.41, 5.74) is 3.24. The Bertz CT molecular complexity index is 926. The molecule has 4 rings (SSSR count). The van der Waals surface area contributed by atoms with E-state index in [-0.39, 0.29) is 12.5 Å². The van der Waals surface area contributed by atoms with E-state index in [1.807, 2.05) is 24.3 Å². The SMILES string of the molecule is NS(=O)(=O)C1CCCN(C(=O)c2ccc3c4c(cccc24)CC3)C1. The first kappa shape index (κ1) is 15.6. The van der Waals surface area contributed by atoms with Crippen LogP contribution in [-0.2, 0) is 22.9 Å². The van der Waals surface area contributed by atoms with Gasteiger partial charge in [0.25, 0.3) is 5.91 Å². The zero-order chi connectivity index (χ0) is 16.9. The van der Waals surface area contributed by atoms with Gasteiger partial charge in [-0.15, -0.1) is 0 Å². The number of carbonyl (C=O) groups excluding carboxylic acids is 1. The molecule has 0 bridgehead atoms. The molecule has 0 spiro atoms. The van der Waals surface area contributed by atoms with E-state index in [1.54, 1.807) is 4.90 Å². The van der Waals surface area contributed by atoms with Gasteiger partial charge in [-0.3, -0.25) is 4.79 Å². The van der Waals surface area contributed by atoms with Crippen molar-refractivity contribution in [2.75, 3.05) is 13.1 Å². The summed E-state index contributed by atoms with van der Waals surface area (Å²) >= 11 is 0. The Morgan fingerprint density at radius 1 is 1.12 bits per heavy atom. The fraction of sp³-hybridized carbons (Fsp3) is 0.389. The zero-order valence-electron chi connectivity index (χ0n) is 13.4. The van der Waals surface area contributed by atoms with Gasteiger partial charge in [0, 0.05) is 18.7 Å². The molecule has 6 heteroatoms. The van der Waals surface area contributed by atoms with Gasteiger partial charge in [-0.2, -0.15) is 0 Å². The molecule has 1 saturated heterocycles. The zero-order valence-corrected chi connectivity index (χ0v) is 14.2. The summed E-state index contributed by atoms with van der Waals surface area (Å²) < 4.78 is 23.3. The Labute approximate surface area is 141 Å². The molecule has 1 unspecified atom stereocenters. The number of piperidine rings is 1. The highest BCUT2D eigenvalue weighted by molar-refractivity contribution is 7.89. The van der Waals surface area contributed by atoms with Crippen LogP contribution in [0.5, 0.6) is 0 Å². The smallest absolute Gasteiger partial charge is 0.254 e. The van der Waals surface area contributed by atoms with E-state index in [1.165, 1.54) is 16.5 Å². The van der Waals surface area contributed by atoms with Gasteiger partial charge in [0.05, 0.1) is 5.25 Å². The number of nitrogens with two attached hydrogens (primary N) is 1. The summed E-state index contributed by atoms with van der Waals surface area (Å²) in [6.45, 7) is 0.758. The molecular weight excluding hydrogens is 324 g/mol. The molecule has 126 valence electrons. The molecule has 1 amide bonds. The van der Waals surface area contributed by atoms with Crippen molar-refractivity contribution >= 4 is 26.7 Å². The summed E-state index contributed by atoms with van der Waals surface area (Å²) in [6.07, 6.45) is 3.21. The molecule has 2 aliphatic rings. The number of amides is 1. The number of hydrogen-bond donors (Lipinski definition) is 1. The number of benzene rings is 2. The number of primary sulfonamides is 1. The Kier molecular flexibility index (Phi) is 3.62. The molecule has 2 aromatic carbocycles. The lowest BCUT2D eigenvalue weighted by Crippen LogP contribution is -2.47. The first-order valence-corrected chi connectivity index (χ1v) is 9.90. The first-order chi connectivity index (χ1) is 11.4. The number of likely N-dealkylation sites (tertiary alicyclic amines) is 1. The molecule has 1 aliphatic heterocycles. The van der Waals surface area contributed by atoms with E-state index in [2.05, 4.69) is 6.07 Å². The number of aryl methyl sites for hydroxylation is 2. The van der Waals surface area contributed by atoms with Crippen LogP contribution in [0.2, 0.25) is 0 Å². The van der Waals surface area contributed by atoms with E-state index >= 15 is 0 Å². The largest absolute Gasteiger partial charge is 0.337 e.